The maximum Gasteiger partial charge on any atom is 0.257 e. The van der Waals surface area contributed by atoms with Crippen molar-refractivity contribution in [2.24, 2.45) is 10.9 Å². The Hall–Kier alpha value is -3.46. The Morgan fingerprint density at radius 1 is 1.39 bits per heavy atom. The van der Waals surface area contributed by atoms with E-state index >= 15 is 0 Å². The van der Waals surface area contributed by atoms with Crippen molar-refractivity contribution >= 4 is 23.7 Å². The summed E-state index contributed by atoms with van der Waals surface area (Å²) in [7, 11) is 1.59. The van der Waals surface area contributed by atoms with Gasteiger partial charge in [-0.1, -0.05) is 23.7 Å². The molecule has 1 aromatic rings. The molecule has 10 heteroatoms. The maximum atomic E-state index is 14.7. The van der Waals surface area contributed by atoms with Gasteiger partial charge in [-0.2, -0.15) is 0 Å². The highest BCUT2D eigenvalue weighted by atomic mass is 35.5. The summed E-state index contributed by atoms with van der Waals surface area (Å²) in [4.78, 5) is 19.6. The van der Waals surface area contributed by atoms with Crippen LogP contribution in [0.25, 0.3) is 0 Å². The number of piperidine rings is 1. The summed E-state index contributed by atoms with van der Waals surface area (Å²) in [5.41, 5.74) is 3.27. The van der Waals surface area contributed by atoms with Gasteiger partial charge < -0.3 is 30.9 Å². The molecule has 1 saturated heterocycles. The molecule has 1 aromatic carbocycles. The first-order valence-electron chi connectivity index (χ1n) is 12.1. The standard InChI is InChI=1S/C26H30ClFN6O2/c1-15-5-3-7-18(22(15)36-2)26(35)34-8-4-6-16(14-34)10-29-25-21(28)13-32-24(33-25)20-12-31-23-19(20)9-17(27)11-30-23/h3,5,7,9,11-12,16,23,29-30,32-33H,4,6,8,10,13-14H2,1-2H3. The molecule has 0 saturated carbocycles. The van der Waals surface area contributed by atoms with Crippen LogP contribution in [0.4, 0.5) is 4.39 Å². The first-order valence-corrected chi connectivity index (χ1v) is 12.5. The highest BCUT2D eigenvalue weighted by Crippen LogP contribution is 2.29. The van der Waals surface area contributed by atoms with Gasteiger partial charge in [0.05, 0.1) is 24.3 Å². The number of para-hydroxylation sites is 1. The number of halogens is 2. The van der Waals surface area contributed by atoms with Crippen LogP contribution in [0.5, 0.6) is 5.75 Å². The third kappa shape index (κ3) is 4.80. The molecule has 8 nitrogen and oxygen atoms in total. The fourth-order valence-electron chi connectivity index (χ4n) is 5.02. The van der Waals surface area contributed by atoms with Gasteiger partial charge in [0.25, 0.3) is 5.91 Å². The lowest BCUT2D eigenvalue weighted by atomic mass is 9.97. The fourth-order valence-corrected chi connectivity index (χ4v) is 5.20. The largest absolute Gasteiger partial charge is 0.496 e. The first-order chi connectivity index (χ1) is 17.4. The highest BCUT2D eigenvalue weighted by Gasteiger charge is 2.30. The number of allylic oxidation sites excluding steroid dienone is 2. The average molecular weight is 513 g/mol. The van der Waals surface area contributed by atoms with E-state index < -0.39 is 0 Å². The Morgan fingerprint density at radius 2 is 2.25 bits per heavy atom. The molecule has 1 fully saturated rings. The number of amides is 1. The molecular weight excluding hydrogens is 483 g/mol. The van der Waals surface area contributed by atoms with Gasteiger partial charge in [-0.25, -0.2) is 4.39 Å². The van der Waals surface area contributed by atoms with Crippen molar-refractivity contribution in [3.63, 3.8) is 0 Å². The molecule has 2 atom stereocenters. The molecule has 4 aliphatic rings. The third-order valence-corrected chi connectivity index (χ3v) is 7.08. The molecule has 5 rings (SSSR count). The normalized spacial score (nSPS) is 25.3. The van der Waals surface area contributed by atoms with E-state index in [9.17, 15) is 9.18 Å². The van der Waals surface area contributed by atoms with Crippen molar-refractivity contribution in [2.45, 2.75) is 25.9 Å². The van der Waals surface area contributed by atoms with Crippen molar-refractivity contribution in [1.29, 1.82) is 0 Å². The first kappa shape index (κ1) is 24.2. The number of nitrogens with one attached hydrogen (secondary N) is 4. The lowest BCUT2D eigenvalue weighted by molar-refractivity contribution is 0.0670. The number of aliphatic imine (C=N–C) groups is 1. The van der Waals surface area contributed by atoms with E-state index in [1.165, 1.54) is 0 Å². The lowest BCUT2D eigenvalue weighted by Crippen LogP contribution is -2.45. The quantitative estimate of drug-likeness (QED) is 0.485. The van der Waals surface area contributed by atoms with Gasteiger partial charge in [0.15, 0.2) is 5.83 Å². The molecule has 2 unspecified atom stereocenters. The van der Waals surface area contributed by atoms with Gasteiger partial charge in [-0.05, 0) is 43.4 Å². The number of carbonyl (C=O) groups is 1. The minimum atomic E-state index is -0.298. The van der Waals surface area contributed by atoms with Gasteiger partial charge in [0.2, 0.25) is 0 Å². The third-order valence-electron chi connectivity index (χ3n) is 6.86. The van der Waals surface area contributed by atoms with Crippen LogP contribution in [0, 0.1) is 12.8 Å². The van der Waals surface area contributed by atoms with E-state index in [4.69, 9.17) is 16.3 Å². The van der Waals surface area contributed by atoms with E-state index in [0.717, 1.165) is 29.6 Å². The number of nitrogens with zero attached hydrogens (tertiary/aromatic N) is 2. The highest BCUT2D eigenvalue weighted by molar-refractivity contribution is 6.31. The number of dihydropyridines is 1. The number of hydrogen-bond acceptors (Lipinski definition) is 7. The second kappa shape index (κ2) is 10.3. The van der Waals surface area contributed by atoms with Gasteiger partial charge in [0.1, 0.15) is 23.6 Å². The summed E-state index contributed by atoms with van der Waals surface area (Å²) in [5, 5.41) is 13.2. The number of likely N-dealkylation sites (tertiary alicyclic amines) is 1. The zero-order chi connectivity index (χ0) is 25.2. The molecular formula is C26H30ClFN6O2. The Morgan fingerprint density at radius 3 is 3.08 bits per heavy atom. The average Bonchev–Trinajstić information content (AvgIpc) is 3.31. The minimum absolute atomic E-state index is 0.0326. The molecule has 4 heterocycles. The van der Waals surface area contributed by atoms with E-state index in [2.05, 4.69) is 26.3 Å². The van der Waals surface area contributed by atoms with Crippen LogP contribution in [-0.4, -0.2) is 56.5 Å². The van der Waals surface area contributed by atoms with Crippen LogP contribution in [0.15, 0.2) is 69.1 Å². The fraction of sp³-hybridized carbons (Fsp3) is 0.385. The zero-order valence-corrected chi connectivity index (χ0v) is 21.1. The topological polar surface area (TPSA) is 90.0 Å². The van der Waals surface area contributed by atoms with Crippen molar-refractivity contribution in [2.75, 3.05) is 33.3 Å². The van der Waals surface area contributed by atoms with Crippen molar-refractivity contribution < 1.29 is 13.9 Å². The molecule has 0 bridgehead atoms. The summed E-state index contributed by atoms with van der Waals surface area (Å²) in [6.07, 6.45) is 6.99. The monoisotopic (exact) mass is 512 g/mol. The van der Waals surface area contributed by atoms with Crippen LogP contribution in [0.1, 0.15) is 28.8 Å². The van der Waals surface area contributed by atoms with E-state index in [0.29, 0.717) is 47.6 Å². The number of carbonyl (C=O) groups excluding carboxylic acids is 1. The van der Waals surface area contributed by atoms with E-state index in [1.807, 2.05) is 30.0 Å². The number of rotatable bonds is 5. The second-order valence-electron chi connectivity index (χ2n) is 9.32. The maximum absolute atomic E-state index is 14.7. The van der Waals surface area contributed by atoms with Gasteiger partial charge >= 0.3 is 0 Å². The second-order valence-corrected chi connectivity index (χ2v) is 9.76. The van der Waals surface area contributed by atoms with Crippen LogP contribution in [0.3, 0.4) is 0 Å². The summed E-state index contributed by atoms with van der Waals surface area (Å²) >= 11 is 6.16. The Kier molecular flexibility index (Phi) is 6.91. The predicted molar refractivity (Wildman–Crippen MR) is 138 cm³/mol. The molecule has 0 spiro atoms. The molecule has 4 aliphatic heterocycles. The summed E-state index contributed by atoms with van der Waals surface area (Å²) in [6, 6.07) is 5.61. The number of hydrogen-bond donors (Lipinski definition) is 4. The molecule has 36 heavy (non-hydrogen) atoms. The summed E-state index contributed by atoms with van der Waals surface area (Å²) in [6.45, 7) is 3.84. The van der Waals surface area contributed by atoms with Gasteiger partial charge in [0, 0.05) is 43.2 Å². The number of benzene rings is 1. The number of ether oxygens (including phenoxy) is 1. The van der Waals surface area contributed by atoms with Crippen molar-refractivity contribution in [3.05, 3.63) is 75.2 Å². The molecule has 4 N–H and O–H groups in total. The SMILES string of the molecule is COc1c(C)cccc1C(=O)N1CCCC(CNC2=C(F)CNC(=C3C=NC4NC=C(Cl)C=C34)N2)C1. The Bertz CT molecular complexity index is 1220. The van der Waals surface area contributed by atoms with Crippen LogP contribution >= 0.6 is 11.6 Å². The van der Waals surface area contributed by atoms with Crippen molar-refractivity contribution in [3.8, 4) is 5.75 Å². The molecule has 0 aromatic heterocycles. The molecule has 1 amide bonds. The van der Waals surface area contributed by atoms with Crippen molar-refractivity contribution in [1.82, 2.24) is 26.2 Å². The summed E-state index contributed by atoms with van der Waals surface area (Å²) < 4.78 is 20.2. The summed E-state index contributed by atoms with van der Waals surface area (Å²) in [5.74, 6) is 1.49. The zero-order valence-electron chi connectivity index (χ0n) is 20.3. The molecule has 190 valence electrons. The van der Waals surface area contributed by atoms with Crippen LogP contribution < -0.4 is 26.0 Å². The van der Waals surface area contributed by atoms with E-state index in [-0.39, 0.29) is 30.4 Å². The lowest BCUT2D eigenvalue weighted by Gasteiger charge is -2.34. The molecule has 0 aliphatic carbocycles. The van der Waals surface area contributed by atoms with Gasteiger partial charge in [-0.15, -0.1) is 0 Å². The smallest absolute Gasteiger partial charge is 0.257 e. The predicted octanol–water partition coefficient (Wildman–Crippen LogP) is 3.01. The number of fused-ring (bicyclic) bond motifs is 1. The van der Waals surface area contributed by atoms with E-state index in [1.54, 1.807) is 25.6 Å². The Balaban J connectivity index is 1.24. The van der Waals surface area contributed by atoms with Crippen LogP contribution in [0.2, 0.25) is 0 Å². The Labute approximate surface area is 215 Å². The minimum Gasteiger partial charge on any atom is -0.496 e. The van der Waals surface area contributed by atoms with Gasteiger partial charge in [-0.3, -0.25) is 9.79 Å². The molecule has 0 radical (unpaired) electrons. The number of aryl methyl sites for hydroxylation is 1. The number of methoxy groups -OCH3 is 1. The van der Waals surface area contributed by atoms with Crippen LogP contribution in [-0.2, 0) is 0 Å².